The fraction of sp³-hybridized carbons (Fsp3) is 0.0690. The van der Waals surface area contributed by atoms with Gasteiger partial charge in [-0.2, -0.15) is 5.26 Å². The van der Waals surface area contributed by atoms with Gasteiger partial charge in [0.1, 0.15) is 16.0 Å². The Morgan fingerprint density at radius 2 is 1.51 bits per heavy atom. The van der Waals surface area contributed by atoms with Crippen LogP contribution in [0.25, 0.3) is 10.9 Å². The number of pyridine rings is 2. The molecule has 1 amide bonds. The lowest BCUT2D eigenvalue weighted by molar-refractivity contribution is 0.0698. The molecule has 0 unspecified atom stereocenters. The van der Waals surface area contributed by atoms with Crippen molar-refractivity contribution in [3.05, 3.63) is 109 Å². The first-order valence-electron chi connectivity index (χ1n) is 12.8. The predicted octanol–water partition coefficient (Wildman–Crippen LogP) is 6.57. The highest BCUT2D eigenvalue weighted by Crippen LogP contribution is 2.42. The number of hydrogen-bond donors (Lipinski definition) is 2. The van der Waals surface area contributed by atoms with E-state index in [4.69, 9.17) is 28.5 Å². The molecule has 240 valence electrons. The number of carbonyl (C=O) groups is 2. The number of anilines is 1. The molecule has 0 saturated carbocycles. The number of amides is 1. The molecule has 2 aromatic carbocycles. The van der Waals surface area contributed by atoms with Crippen molar-refractivity contribution in [2.75, 3.05) is 5.32 Å². The van der Waals surface area contributed by atoms with Crippen molar-refractivity contribution in [3.63, 3.8) is 0 Å². The maximum absolute atomic E-state index is 14.4. The van der Waals surface area contributed by atoms with E-state index in [9.17, 15) is 31.5 Å². The molecule has 3 aromatic heterocycles. The summed E-state index contributed by atoms with van der Waals surface area (Å²) in [5, 5.41) is 21.5. The van der Waals surface area contributed by atoms with Gasteiger partial charge in [0.25, 0.3) is 5.91 Å². The van der Waals surface area contributed by atoms with Gasteiger partial charge in [0.2, 0.25) is 19.7 Å². The van der Waals surface area contributed by atoms with Crippen LogP contribution in [0.4, 0.5) is 5.69 Å². The topological polar surface area (TPSA) is 189 Å². The Labute approximate surface area is 294 Å². The zero-order chi connectivity index (χ0) is 34.4. The Bertz CT molecular complexity index is 2330. The van der Waals surface area contributed by atoms with Crippen molar-refractivity contribution in [1.29, 1.82) is 5.26 Å². The van der Waals surface area contributed by atoms with Gasteiger partial charge in [-0.05, 0) is 68.3 Å². The third kappa shape index (κ3) is 6.39. The molecule has 5 rings (SSSR count). The molecular weight excluding hydrogens is 825 g/mol. The zero-order valence-corrected chi connectivity index (χ0v) is 29.8. The molecule has 0 spiro atoms. The fourth-order valence-corrected chi connectivity index (χ4v) is 10.5. The predicted molar refractivity (Wildman–Crippen MR) is 180 cm³/mol. The van der Waals surface area contributed by atoms with Crippen LogP contribution in [0.2, 0.25) is 10.3 Å². The molecule has 0 aliphatic heterocycles. The molecule has 47 heavy (non-hydrogen) atoms. The van der Waals surface area contributed by atoms with Crippen LogP contribution < -0.4 is 5.32 Å². The maximum atomic E-state index is 14.4. The van der Waals surface area contributed by atoms with Crippen LogP contribution in [0.1, 0.15) is 36.6 Å². The van der Waals surface area contributed by atoms with Gasteiger partial charge < -0.3 is 15.0 Å². The van der Waals surface area contributed by atoms with E-state index in [0.717, 1.165) is 30.6 Å². The number of hydrogen-bond acceptors (Lipinski definition) is 9. The molecule has 0 atom stereocenters. The number of benzene rings is 2. The van der Waals surface area contributed by atoms with Crippen molar-refractivity contribution >= 4 is 103 Å². The van der Waals surface area contributed by atoms with Crippen LogP contribution in [0.15, 0.2) is 85.7 Å². The number of carboxylic acids is 1. The van der Waals surface area contributed by atoms with E-state index in [1.165, 1.54) is 41.9 Å². The number of aromatic nitrogens is 3. The number of aryl methyl sites for hydroxylation is 1. The molecule has 5 aromatic rings. The largest absolute Gasteiger partial charge is 0.478 e. The lowest BCUT2D eigenvalue weighted by atomic mass is 10.1. The van der Waals surface area contributed by atoms with Gasteiger partial charge >= 0.3 is 5.97 Å². The minimum atomic E-state index is -4.83. The van der Waals surface area contributed by atoms with Crippen molar-refractivity contribution < 1.29 is 31.5 Å². The highest BCUT2D eigenvalue weighted by Gasteiger charge is 2.44. The first kappa shape index (κ1) is 34.5. The minimum Gasteiger partial charge on any atom is -0.478 e. The second-order valence-corrected chi connectivity index (χ2v) is 16.6. The van der Waals surface area contributed by atoms with Gasteiger partial charge in [-0.3, -0.25) is 4.79 Å². The van der Waals surface area contributed by atoms with E-state index in [1.54, 1.807) is 6.07 Å². The average molecular weight is 842 g/mol. The number of sulfone groups is 2. The van der Waals surface area contributed by atoms with Crippen LogP contribution in [0.5, 0.6) is 0 Å². The number of aromatic carboxylic acids is 1. The molecule has 0 radical (unpaired) electrons. The SMILES string of the molecule is Cn1c(C(=O)Nc2ccc(C#N)cc2C(=O)O)cc2cccc(C(S(=O)(=O)c3cnc(Cl)c(Br)c3)S(=O)(=O)c3cnc(Cl)c(Br)c3)c21. The van der Waals surface area contributed by atoms with E-state index in [1.807, 2.05) is 6.07 Å². The molecule has 18 heteroatoms. The smallest absolute Gasteiger partial charge is 0.337 e. The molecular formula is C29H17Br2Cl2N5O7S2. The number of fused-ring (bicyclic) bond motifs is 1. The average Bonchev–Trinajstić information content (AvgIpc) is 3.36. The lowest BCUT2D eigenvalue weighted by Crippen LogP contribution is -2.24. The van der Waals surface area contributed by atoms with E-state index >= 15 is 0 Å². The second kappa shape index (κ2) is 13.0. The van der Waals surface area contributed by atoms with E-state index in [2.05, 4.69) is 47.1 Å². The first-order chi connectivity index (χ1) is 22.1. The summed E-state index contributed by atoms with van der Waals surface area (Å²) in [6, 6.07) is 13.5. The Morgan fingerprint density at radius 1 is 0.936 bits per heavy atom. The van der Waals surface area contributed by atoms with Gasteiger partial charge in [-0.15, -0.1) is 0 Å². The van der Waals surface area contributed by atoms with Crippen molar-refractivity contribution in [2.45, 2.75) is 14.4 Å². The number of nitriles is 1. The summed E-state index contributed by atoms with van der Waals surface area (Å²) in [5.41, 5.74) is -0.556. The third-order valence-corrected chi connectivity index (χ3v) is 14.1. The van der Waals surface area contributed by atoms with Crippen LogP contribution in [0.3, 0.4) is 0 Å². The second-order valence-electron chi connectivity index (χ2n) is 9.81. The van der Waals surface area contributed by atoms with Gasteiger partial charge in [-0.1, -0.05) is 41.4 Å². The van der Waals surface area contributed by atoms with E-state index in [0.29, 0.717) is 5.39 Å². The van der Waals surface area contributed by atoms with Gasteiger partial charge in [0.15, 0.2) is 4.58 Å². The zero-order valence-electron chi connectivity index (χ0n) is 23.4. The molecule has 0 bridgehead atoms. The summed E-state index contributed by atoms with van der Waals surface area (Å²) in [5.74, 6) is -2.18. The number of nitrogens with one attached hydrogen (secondary N) is 1. The quantitative estimate of drug-likeness (QED) is 0.162. The fourth-order valence-electron chi connectivity index (χ4n) is 4.81. The van der Waals surface area contributed by atoms with Crippen LogP contribution in [-0.4, -0.2) is 48.4 Å². The van der Waals surface area contributed by atoms with Gasteiger partial charge in [0.05, 0.1) is 47.1 Å². The van der Waals surface area contributed by atoms with Crippen molar-refractivity contribution in [3.8, 4) is 6.07 Å². The van der Waals surface area contributed by atoms with Gasteiger partial charge in [-0.25, -0.2) is 31.6 Å². The summed E-state index contributed by atoms with van der Waals surface area (Å²) in [6.45, 7) is 0. The summed E-state index contributed by atoms with van der Waals surface area (Å²) in [4.78, 5) is 32.1. The maximum Gasteiger partial charge on any atom is 0.337 e. The molecule has 0 aliphatic rings. The molecule has 0 aliphatic carbocycles. The van der Waals surface area contributed by atoms with Crippen molar-refractivity contribution in [2.24, 2.45) is 7.05 Å². The summed E-state index contributed by atoms with van der Waals surface area (Å²) in [7, 11) is -8.24. The Morgan fingerprint density at radius 3 is 2.02 bits per heavy atom. The van der Waals surface area contributed by atoms with Crippen molar-refractivity contribution in [1.82, 2.24) is 14.5 Å². The highest BCUT2D eigenvalue weighted by atomic mass is 79.9. The van der Waals surface area contributed by atoms with Crippen LogP contribution >= 0.6 is 55.1 Å². The number of carboxylic acid groups (broad SMARTS) is 1. The molecule has 0 saturated heterocycles. The highest BCUT2D eigenvalue weighted by molar-refractivity contribution is 9.10. The summed E-state index contributed by atoms with van der Waals surface area (Å²) < 4.78 is 56.6. The molecule has 3 heterocycles. The normalized spacial score (nSPS) is 11.9. The Kier molecular flexibility index (Phi) is 9.52. The standard InChI is InChI=1S/C29H17Br2Cl2N5O7S2/c1-38-23(27(39)37-22-6-5-14(11-34)7-19(22)28(40)41)8-15-3-2-4-18(24(15)38)29(46(42,43)16-9-20(30)25(32)35-12-16)47(44,45)17-10-21(31)26(33)36-13-17/h2-10,12-13,29H,1H3,(H,37,39)(H,40,41). The van der Waals surface area contributed by atoms with Crippen LogP contribution in [0, 0.1) is 11.3 Å². The van der Waals surface area contributed by atoms with Crippen LogP contribution in [-0.2, 0) is 26.7 Å². The first-order valence-corrected chi connectivity index (χ1v) is 18.3. The third-order valence-electron chi connectivity index (χ3n) is 6.96. The molecule has 2 N–H and O–H groups in total. The van der Waals surface area contributed by atoms with Gasteiger partial charge in [0, 0.05) is 30.4 Å². The summed E-state index contributed by atoms with van der Waals surface area (Å²) >= 11 is 18.3. The number of rotatable bonds is 8. The number of nitrogens with zero attached hydrogens (tertiary/aromatic N) is 4. The van der Waals surface area contributed by atoms with E-state index < -0.39 is 45.9 Å². The monoisotopic (exact) mass is 839 g/mol. The Hall–Kier alpha value is -3.85. The molecule has 12 nitrogen and oxygen atoms in total. The number of para-hydroxylation sites is 1. The summed E-state index contributed by atoms with van der Waals surface area (Å²) in [6.07, 6.45) is 1.87. The Balaban J connectivity index is 1.73. The minimum absolute atomic E-state index is 0.0531. The van der Waals surface area contributed by atoms with E-state index in [-0.39, 0.29) is 52.8 Å². The number of carbonyl (C=O) groups excluding carboxylic acids is 1. The molecule has 0 fully saturated rings. The number of halogens is 4. The lowest BCUT2D eigenvalue weighted by Gasteiger charge is -2.21.